The summed E-state index contributed by atoms with van der Waals surface area (Å²) in [5.74, 6) is 0.275. The summed E-state index contributed by atoms with van der Waals surface area (Å²) in [6.45, 7) is 0. The fourth-order valence-corrected chi connectivity index (χ4v) is 1.63. The summed E-state index contributed by atoms with van der Waals surface area (Å²) in [7, 11) is 0. The molecular formula is C14H10N4O4. The van der Waals surface area contributed by atoms with Crippen LogP contribution in [0, 0.1) is 21.4 Å². The molecule has 8 heteroatoms. The minimum atomic E-state index is -0.524. The second kappa shape index (κ2) is 6.81. The monoisotopic (exact) mass is 298 g/mol. The number of nitrogens with one attached hydrogen (secondary N) is 1. The van der Waals surface area contributed by atoms with E-state index in [9.17, 15) is 14.9 Å². The average Bonchev–Trinajstić information content (AvgIpc) is 2.96. The molecule has 0 aliphatic heterocycles. The van der Waals surface area contributed by atoms with Gasteiger partial charge in [-0.15, -0.1) is 0 Å². The van der Waals surface area contributed by atoms with Gasteiger partial charge in [-0.3, -0.25) is 14.9 Å². The Labute approximate surface area is 124 Å². The molecule has 0 atom stereocenters. The predicted molar refractivity (Wildman–Crippen MR) is 76.8 cm³/mol. The Morgan fingerprint density at radius 2 is 2.27 bits per heavy atom. The van der Waals surface area contributed by atoms with Crippen molar-refractivity contribution in [2.75, 3.05) is 0 Å². The van der Waals surface area contributed by atoms with Gasteiger partial charge in [0.05, 0.1) is 17.2 Å². The van der Waals surface area contributed by atoms with Gasteiger partial charge in [-0.1, -0.05) is 12.1 Å². The first kappa shape index (κ1) is 14.9. The summed E-state index contributed by atoms with van der Waals surface area (Å²) in [6, 6.07) is 11.0. The number of carbonyl (C=O) groups excluding carboxylic acids is 1. The van der Waals surface area contributed by atoms with Crippen LogP contribution in [-0.4, -0.2) is 17.0 Å². The average molecular weight is 298 g/mol. The van der Waals surface area contributed by atoms with Crippen molar-refractivity contribution in [1.82, 2.24) is 5.43 Å². The number of hydrogen-bond acceptors (Lipinski definition) is 6. The molecule has 0 saturated carbocycles. The third-order valence-corrected chi connectivity index (χ3v) is 2.59. The van der Waals surface area contributed by atoms with E-state index >= 15 is 0 Å². The van der Waals surface area contributed by atoms with Crippen LogP contribution in [0.15, 0.2) is 45.9 Å². The second-order valence-electron chi connectivity index (χ2n) is 4.14. The molecule has 1 aromatic heterocycles. The molecule has 1 heterocycles. The van der Waals surface area contributed by atoms with Gasteiger partial charge in [0.15, 0.2) is 0 Å². The van der Waals surface area contributed by atoms with Crippen LogP contribution in [-0.2, 0) is 4.79 Å². The number of hydrogen-bond donors (Lipinski definition) is 1. The van der Waals surface area contributed by atoms with Crippen molar-refractivity contribution in [3.05, 3.63) is 52.3 Å². The van der Waals surface area contributed by atoms with Crippen molar-refractivity contribution in [1.29, 1.82) is 5.26 Å². The van der Waals surface area contributed by atoms with Crippen LogP contribution in [0.2, 0.25) is 0 Å². The first-order valence-corrected chi connectivity index (χ1v) is 6.13. The van der Waals surface area contributed by atoms with Crippen LogP contribution in [0.5, 0.6) is 0 Å². The smallest absolute Gasteiger partial charge is 0.270 e. The van der Waals surface area contributed by atoms with Crippen LogP contribution >= 0.6 is 0 Å². The number of furan rings is 1. The topological polar surface area (TPSA) is 122 Å². The second-order valence-corrected chi connectivity index (χ2v) is 4.14. The van der Waals surface area contributed by atoms with Crippen LogP contribution in [0.25, 0.3) is 11.3 Å². The highest BCUT2D eigenvalue weighted by Gasteiger charge is 2.09. The molecule has 0 aliphatic carbocycles. The quantitative estimate of drug-likeness (QED) is 0.515. The summed E-state index contributed by atoms with van der Waals surface area (Å²) in [4.78, 5) is 21.3. The lowest BCUT2D eigenvalue weighted by molar-refractivity contribution is -0.384. The normalized spacial score (nSPS) is 10.3. The third kappa shape index (κ3) is 3.77. The third-order valence-electron chi connectivity index (χ3n) is 2.59. The van der Waals surface area contributed by atoms with Crippen LogP contribution < -0.4 is 5.43 Å². The van der Waals surface area contributed by atoms with Crippen LogP contribution in [0.3, 0.4) is 0 Å². The van der Waals surface area contributed by atoms with Gasteiger partial charge in [-0.25, -0.2) is 5.43 Å². The summed E-state index contributed by atoms with van der Waals surface area (Å²) in [6.07, 6.45) is 0.991. The lowest BCUT2D eigenvalue weighted by Crippen LogP contribution is -2.15. The number of rotatable bonds is 5. The van der Waals surface area contributed by atoms with Crippen molar-refractivity contribution >= 4 is 17.8 Å². The number of nitro benzene ring substituents is 1. The van der Waals surface area contributed by atoms with E-state index in [4.69, 9.17) is 9.68 Å². The zero-order valence-corrected chi connectivity index (χ0v) is 11.2. The summed E-state index contributed by atoms with van der Waals surface area (Å²) >= 11 is 0. The van der Waals surface area contributed by atoms with E-state index in [-0.39, 0.29) is 12.1 Å². The number of nitrogens with zero attached hydrogens (tertiary/aromatic N) is 3. The van der Waals surface area contributed by atoms with E-state index < -0.39 is 10.8 Å². The molecule has 0 radical (unpaired) electrons. The van der Waals surface area contributed by atoms with Crippen molar-refractivity contribution in [3.63, 3.8) is 0 Å². The molecular weight excluding hydrogens is 288 g/mol. The molecule has 1 N–H and O–H groups in total. The van der Waals surface area contributed by atoms with Gasteiger partial charge in [-0.05, 0) is 12.1 Å². The Morgan fingerprint density at radius 3 is 3.00 bits per heavy atom. The Balaban J connectivity index is 2.10. The lowest BCUT2D eigenvalue weighted by Gasteiger charge is -1.96. The minimum Gasteiger partial charge on any atom is -0.455 e. The highest BCUT2D eigenvalue weighted by molar-refractivity contribution is 5.82. The first-order valence-electron chi connectivity index (χ1n) is 6.13. The summed E-state index contributed by atoms with van der Waals surface area (Å²) in [5, 5.41) is 22.7. The maximum atomic E-state index is 11.0. The van der Waals surface area contributed by atoms with E-state index in [0.29, 0.717) is 17.1 Å². The number of hydrazone groups is 1. The fourth-order valence-electron chi connectivity index (χ4n) is 1.63. The Morgan fingerprint density at radius 1 is 1.45 bits per heavy atom. The number of nitriles is 1. The molecule has 1 amide bonds. The van der Waals surface area contributed by atoms with Crippen molar-refractivity contribution < 1.29 is 14.1 Å². The number of benzene rings is 1. The maximum absolute atomic E-state index is 11.0. The Bertz CT molecular complexity index is 773. The molecule has 0 fully saturated rings. The summed E-state index contributed by atoms with van der Waals surface area (Å²) < 4.78 is 5.46. The van der Waals surface area contributed by atoms with Gasteiger partial charge in [-0.2, -0.15) is 10.4 Å². The van der Waals surface area contributed by atoms with Gasteiger partial charge in [0.1, 0.15) is 17.9 Å². The molecule has 8 nitrogen and oxygen atoms in total. The maximum Gasteiger partial charge on any atom is 0.270 e. The first-order chi connectivity index (χ1) is 10.6. The van der Waals surface area contributed by atoms with Gasteiger partial charge >= 0.3 is 0 Å². The van der Waals surface area contributed by atoms with E-state index in [0.717, 1.165) is 0 Å². The SMILES string of the molecule is N#CCC(=O)NN=Cc1ccc(-c2cccc([N+](=O)[O-])c2)o1. The van der Waals surface area contributed by atoms with E-state index in [1.807, 2.05) is 0 Å². The number of non-ortho nitro benzene ring substituents is 1. The van der Waals surface area contributed by atoms with Crippen LogP contribution in [0.4, 0.5) is 5.69 Å². The number of carbonyl (C=O) groups is 1. The highest BCUT2D eigenvalue weighted by Crippen LogP contribution is 2.25. The molecule has 0 saturated heterocycles. The van der Waals surface area contributed by atoms with Crippen molar-refractivity contribution in [2.24, 2.45) is 5.10 Å². The molecule has 0 aliphatic rings. The fraction of sp³-hybridized carbons (Fsp3) is 0.0714. The largest absolute Gasteiger partial charge is 0.455 e. The van der Waals surface area contributed by atoms with Gasteiger partial charge in [0.25, 0.3) is 11.6 Å². The van der Waals surface area contributed by atoms with E-state index in [1.165, 1.54) is 18.3 Å². The minimum absolute atomic E-state index is 0.0344. The molecule has 110 valence electrons. The van der Waals surface area contributed by atoms with Gasteiger partial charge < -0.3 is 4.42 Å². The molecule has 0 unspecified atom stereocenters. The molecule has 2 aromatic rings. The molecule has 2 rings (SSSR count). The zero-order valence-electron chi connectivity index (χ0n) is 11.2. The van der Waals surface area contributed by atoms with E-state index in [1.54, 1.807) is 30.3 Å². The number of nitro groups is 1. The lowest BCUT2D eigenvalue weighted by atomic mass is 10.1. The highest BCUT2D eigenvalue weighted by atomic mass is 16.6. The zero-order chi connectivity index (χ0) is 15.9. The van der Waals surface area contributed by atoms with Crippen molar-refractivity contribution in [3.8, 4) is 17.4 Å². The van der Waals surface area contributed by atoms with Gasteiger partial charge in [0.2, 0.25) is 0 Å². The predicted octanol–water partition coefficient (Wildman–Crippen LogP) is 2.22. The number of amides is 1. The summed E-state index contributed by atoms with van der Waals surface area (Å²) in [5.41, 5.74) is 2.69. The molecule has 22 heavy (non-hydrogen) atoms. The standard InChI is InChI=1S/C14H10N4O4/c15-7-6-14(19)17-16-9-12-4-5-13(22-12)10-2-1-3-11(8-10)18(20)21/h1-5,8-9H,6H2,(H,17,19). The molecule has 0 spiro atoms. The molecule has 0 bridgehead atoms. The van der Waals surface area contributed by atoms with Gasteiger partial charge in [0, 0.05) is 17.7 Å². The Kier molecular flexibility index (Phi) is 4.62. The van der Waals surface area contributed by atoms with Crippen molar-refractivity contribution in [2.45, 2.75) is 6.42 Å². The van der Waals surface area contributed by atoms with E-state index in [2.05, 4.69) is 10.5 Å². The Hall–Kier alpha value is -3.47. The van der Waals surface area contributed by atoms with Crippen LogP contribution in [0.1, 0.15) is 12.2 Å². The molecule has 1 aromatic carbocycles.